The lowest BCUT2D eigenvalue weighted by molar-refractivity contribution is -0.144. The molecule has 5 heteroatoms. The fourth-order valence-electron chi connectivity index (χ4n) is 3.06. The van der Waals surface area contributed by atoms with Crippen LogP contribution in [0, 0.1) is 11.8 Å². The van der Waals surface area contributed by atoms with Crippen molar-refractivity contribution in [2.75, 3.05) is 19.6 Å². The van der Waals surface area contributed by atoms with Gasteiger partial charge in [-0.15, -0.1) is 0 Å². The van der Waals surface area contributed by atoms with Crippen molar-refractivity contribution in [3.05, 3.63) is 11.6 Å². The molecule has 1 aliphatic carbocycles. The van der Waals surface area contributed by atoms with Crippen LogP contribution in [0.2, 0.25) is 0 Å². The van der Waals surface area contributed by atoms with Crippen LogP contribution in [-0.4, -0.2) is 41.6 Å². The van der Waals surface area contributed by atoms with Gasteiger partial charge in [-0.2, -0.15) is 0 Å². The summed E-state index contributed by atoms with van der Waals surface area (Å²) in [7, 11) is 0. The van der Waals surface area contributed by atoms with Gasteiger partial charge in [0.2, 0.25) is 0 Å². The molecule has 1 fully saturated rings. The van der Waals surface area contributed by atoms with Crippen LogP contribution in [0.25, 0.3) is 0 Å². The number of aliphatic carboxylic acids is 1. The van der Waals surface area contributed by atoms with Gasteiger partial charge in [0.25, 0.3) is 0 Å². The second-order valence-corrected chi connectivity index (χ2v) is 5.92. The third-order valence-corrected chi connectivity index (χ3v) is 4.47. The number of nitrogens with zero attached hydrogens (tertiary/aromatic N) is 1. The normalized spacial score (nSPS) is 26.9. The summed E-state index contributed by atoms with van der Waals surface area (Å²) in [4.78, 5) is 25.1. The largest absolute Gasteiger partial charge is 0.481 e. The molecule has 2 aliphatic rings. The quantitative estimate of drug-likeness (QED) is 0.779. The Balaban J connectivity index is 1.81. The van der Waals surface area contributed by atoms with E-state index >= 15 is 0 Å². The highest BCUT2D eigenvalue weighted by atomic mass is 16.4. The minimum atomic E-state index is -0.722. The number of amides is 2. The molecule has 0 spiro atoms. The zero-order chi connectivity index (χ0) is 14.5. The zero-order valence-corrected chi connectivity index (χ0v) is 12.1. The SMILES string of the molecule is CC1=CCN(C(=O)NCC2CCCCC2C(=O)O)CC1. The number of carbonyl (C=O) groups excluding carboxylic acids is 1. The number of urea groups is 1. The molecule has 112 valence electrons. The van der Waals surface area contributed by atoms with E-state index in [-0.39, 0.29) is 17.9 Å². The molecular formula is C15H24N2O3. The third-order valence-electron chi connectivity index (χ3n) is 4.47. The number of nitrogens with one attached hydrogen (secondary N) is 1. The van der Waals surface area contributed by atoms with Gasteiger partial charge >= 0.3 is 12.0 Å². The molecule has 1 heterocycles. The summed E-state index contributed by atoms with van der Waals surface area (Å²) in [6, 6.07) is -0.0662. The maximum Gasteiger partial charge on any atom is 0.317 e. The topological polar surface area (TPSA) is 69.6 Å². The molecule has 2 unspecified atom stereocenters. The summed E-state index contributed by atoms with van der Waals surface area (Å²) >= 11 is 0. The van der Waals surface area contributed by atoms with Gasteiger partial charge in [0.05, 0.1) is 5.92 Å². The van der Waals surface area contributed by atoms with Crippen molar-refractivity contribution in [1.82, 2.24) is 10.2 Å². The van der Waals surface area contributed by atoms with E-state index in [1.165, 1.54) is 5.57 Å². The molecule has 0 aromatic heterocycles. The maximum absolute atomic E-state index is 12.1. The van der Waals surface area contributed by atoms with Gasteiger partial charge in [0, 0.05) is 19.6 Å². The Bertz CT molecular complexity index is 406. The first-order valence-electron chi connectivity index (χ1n) is 7.49. The molecule has 0 aromatic rings. The van der Waals surface area contributed by atoms with Gasteiger partial charge in [0.1, 0.15) is 0 Å². The van der Waals surface area contributed by atoms with E-state index < -0.39 is 5.97 Å². The zero-order valence-electron chi connectivity index (χ0n) is 12.1. The van der Waals surface area contributed by atoms with Crippen molar-refractivity contribution in [2.45, 2.75) is 39.0 Å². The van der Waals surface area contributed by atoms with Crippen molar-refractivity contribution in [3.63, 3.8) is 0 Å². The van der Waals surface area contributed by atoms with Crippen molar-refractivity contribution >= 4 is 12.0 Å². The third kappa shape index (κ3) is 3.74. The summed E-state index contributed by atoms with van der Waals surface area (Å²) in [5.74, 6) is -0.944. The van der Waals surface area contributed by atoms with E-state index in [1.54, 1.807) is 4.90 Å². The van der Waals surface area contributed by atoms with E-state index in [4.69, 9.17) is 0 Å². The van der Waals surface area contributed by atoms with Gasteiger partial charge in [-0.1, -0.05) is 24.5 Å². The number of hydrogen-bond acceptors (Lipinski definition) is 2. The number of rotatable bonds is 3. The smallest absolute Gasteiger partial charge is 0.317 e. The Morgan fingerprint density at radius 3 is 2.80 bits per heavy atom. The lowest BCUT2D eigenvalue weighted by Crippen LogP contribution is -2.45. The van der Waals surface area contributed by atoms with Crippen molar-refractivity contribution in [3.8, 4) is 0 Å². The molecule has 0 aromatic carbocycles. The van der Waals surface area contributed by atoms with Crippen LogP contribution in [0.5, 0.6) is 0 Å². The molecule has 0 bridgehead atoms. The molecule has 2 atom stereocenters. The first-order valence-corrected chi connectivity index (χ1v) is 7.49. The highest BCUT2D eigenvalue weighted by Gasteiger charge is 2.31. The second kappa shape index (κ2) is 6.77. The Morgan fingerprint density at radius 2 is 2.15 bits per heavy atom. The molecule has 20 heavy (non-hydrogen) atoms. The van der Waals surface area contributed by atoms with Crippen molar-refractivity contribution in [1.29, 1.82) is 0 Å². The molecule has 0 radical (unpaired) electrons. The van der Waals surface area contributed by atoms with E-state index in [9.17, 15) is 14.7 Å². The first kappa shape index (κ1) is 14.9. The highest BCUT2D eigenvalue weighted by molar-refractivity contribution is 5.75. The number of carbonyl (C=O) groups is 2. The van der Waals surface area contributed by atoms with Crippen LogP contribution in [-0.2, 0) is 4.79 Å². The Morgan fingerprint density at radius 1 is 1.40 bits per heavy atom. The number of hydrogen-bond donors (Lipinski definition) is 2. The molecule has 5 nitrogen and oxygen atoms in total. The lowest BCUT2D eigenvalue weighted by Gasteiger charge is -2.30. The summed E-state index contributed by atoms with van der Waals surface area (Å²) in [6.45, 7) is 3.97. The minimum Gasteiger partial charge on any atom is -0.481 e. The molecule has 1 saturated carbocycles. The average Bonchev–Trinajstić information content (AvgIpc) is 2.45. The number of carboxylic acids is 1. The van der Waals surface area contributed by atoms with E-state index in [0.717, 1.165) is 38.6 Å². The van der Waals surface area contributed by atoms with Crippen LogP contribution < -0.4 is 5.32 Å². The summed E-state index contributed by atoms with van der Waals surface area (Å²) in [6.07, 6.45) is 6.68. The Labute approximate surface area is 120 Å². The number of carboxylic acid groups (broad SMARTS) is 1. The monoisotopic (exact) mass is 280 g/mol. The van der Waals surface area contributed by atoms with Crippen LogP contribution in [0.4, 0.5) is 4.79 Å². The predicted octanol–water partition coefficient (Wildman–Crippen LogP) is 2.24. The molecule has 1 aliphatic heterocycles. The predicted molar refractivity (Wildman–Crippen MR) is 76.4 cm³/mol. The standard InChI is InChI=1S/C15H24N2O3/c1-11-6-8-17(9-7-11)15(20)16-10-12-4-2-3-5-13(12)14(18)19/h6,12-13H,2-5,7-10H2,1H3,(H,16,20)(H,18,19). The van der Waals surface area contributed by atoms with E-state index in [2.05, 4.69) is 18.3 Å². The minimum absolute atomic E-state index is 0.0662. The summed E-state index contributed by atoms with van der Waals surface area (Å²) in [5, 5.41) is 12.1. The molecule has 2 N–H and O–H groups in total. The van der Waals surface area contributed by atoms with Gasteiger partial charge in [-0.05, 0) is 32.1 Å². The van der Waals surface area contributed by atoms with Crippen molar-refractivity contribution in [2.24, 2.45) is 11.8 Å². The maximum atomic E-state index is 12.1. The van der Waals surface area contributed by atoms with Gasteiger partial charge in [-0.25, -0.2) is 4.79 Å². The van der Waals surface area contributed by atoms with Gasteiger partial charge in [-0.3, -0.25) is 4.79 Å². The fourth-order valence-corrected chi connectivity index (χ4v) is 3.06. The van der Waals surface area contributed by atoms with Crippen LogP contribution in [0.3, 0.4) is 0 Å². The summed E-state index contributed by atoms with van der Waals surface area (Å²) in [5.41, 5.74) is 1.33. The van der Waals surface area contributed by atoms with Crippen LogP contribution in [0.1, 0.15) is 39.0 Å². The Hall–Kier alpha value is -1.52. The average molecular weight is 280 g/mol. The van der Waals surface area contributed by atoms with E-state index in [1.807, 2.05) is 0 Å². The van der Waals surface area contributed by atoms with Gasteiger partial charge in [0.15, 0.2) is 0 Å². The van der Waals surface area contributed by atoms with E-state index in [0.29, 0.717) is 13.1 Å². The van der Waals surface area contributed by atoms with Gasteiger partial charge < -0.3 is 15.3 Å². The summed E-state index contributed by atoms with van der Waals surface area (Å²) < 4.78 is 0. The van der Waals surface area contributed by atoms with Crippen LogP contribution >= 0.6 is 0 Å². The Kier molecular flexibility index (Phi) is 5.04. The molecule has 0 saturated heterocycles. The molecular weight excluding hydrogens is 256 g/mol. The first-order chi connectivity index (χ1) is 9.58. The highest BCUT2D eigenvalue weighted by Crippen LogP contribution is 2.29. The van der Waals surface area contributed by atoms with Crippen LogP contribution in [0.15, 0.2) is 11.6 Å². The second-order valence-electron chi connectivity index (χ2n) is 5.92. The lowest BCUT2D eigenvalue weighted by atomic mass is 9.79. The van der Waals surface area contributed by atoms with Crippen molar-refractivity contribution < 1.29 is 14.7 Å². The molecule has 2 rings (SSSR count). The molecule has 2 amide bonds. The fraction of sp³-hybridized carbons (Fsp3) is 0.733.